The number of ether oxygens (including phenoxy) is 2. The lowest BCUT2D eigenvalue weighted by atomic mass is 9.78. The van der Waals surface area contributed by atoms with E-state index in [-0.39, 0.29) is 35.9 Å². The molecule has 0 saturated carbocycles. The lowest BCUT2D eigenvalue weighted by molar-refractivity contribution is -0.164. The molecule has 0 aromatic heterocycles. The third kappa shape index (κ3) is 1.70. The van der Waals surface area contributed by atoms with Gasteiger partial charge in [0.05, 0.1) is 11.7 Å². The van der Waals surface area contributed by atoms with Gasteiger partial charge in [0.15, 0.2) is 0 Å². The van der Waals surface area contributed by atoms with Gasteiger partial charge in [-0.25, -0.2) is 4.79 Å². The molecule has 0 aromatic rings. The Balaban J connectivity index is 2.37. The van der Waals surface area contributed by atoms with Crippen LogP contribution in [0.15, 0.2) is 11.3 Å². The molecule has 2 aliphatic rings. The molecule has 0 radical (unpaired) electrons. The van der Waals surface area contributed by atoms with Gasteiger partial charge in [-0.1, -0.05) is 0 Å². The van der Waals surface area contributed by atoms with Crippen molar-refractivity contribution in [3.05, 3.63) is 11.3 Å². The Morgan fingerprint density at radius 2 is 2.19 bits per heavy atom. The maximum atomic E-state index is 11.6. The molecule has 0 spiro atoms. The first-order valence-corrected chi connectivity index (χ1v) is 5.38. The van der Waals surface area contributed by atoms with Gasteiger partial charge >= 0.3 is 5.97 Å². The third-order valence-electron chi connectivity index (χ3n) is 3.28. The van der Waals surface area contributed by atoms with Gasteiger partial charge in [0.25, 0.3) is 0 Å². The molecule has 90 valence electrons. The van der Waals surface area contributed by atoms with Gasteiger partial charge in [0.1, 0.15) is 18.0 Å². The van der Waals surface area contributed by atoms with Crippen molar-refractivity contribution in [3.8, 4) is 0 Å². The van der Waals surface area contributed by atoms with Crippen LogP contribution in [0, 0.1) is 5.92 Å². The first-order valence-electron chi connectivity index (χ1n) is 5.38. The third-order valence-corrected chi connectivity index (χ3v) is 3.28. The highest BCUT2D eigenvalue weighted by molar-refractivity contribution is 5.91. The standard InChI is InChI=1S/C11H16O5/c1-5-10(15-2)7-3-6(12)4-8(13)9(7)11(14)16-5/h5-7,10,12-13H,3-4H2,1-2H3/t5-,6+,7-,10-/m1/s1. The highest BCUT2D eigenvalue weighted by Gasteiger charge is 2.45. The van der Waals surface area contributed by atoms with Crippen LogP contribution < -0.4 is 0 Å². The number of aliphatic hydroxyl groups excluding tert-OH is 2. The van der Waals surface area contributed by atoms with Gasteiger partial charge in [0.2, 0.25) is 0 Å². The minimum absolute atomic E-state index is 0.0669. The van der Waals surface area contributed by atoms with E-state index in [9.17, 15) is 15.0 Å². The Hall–Kier alpha value is -1.07. The van der Waals surface area contributed by atoms with Crippen LogP contribution in [0.1, 0.15) is 19.8 Å². The molecule has 0 unspecified atom stereocenters. The number of rotatable bonds is 1. The molecule has 1 saturated heterocycles. The van der Waals surface area contributed by atoms with E-state index >= 15 is 0 Å². The molecule has 0 amide bonds. The van der Waals surface area contributed by atoms with E-state index < -0.39 is 12.1 Å². The van der Waals surface area contributed by atoms with Gasteiger partial charge in [-0.2, -0.15) is 0 Å². The molecule has 5 heteroatoms. The average molecular weight is 228 g/mol. The molecule has 0 bridgehead atoms. The molecule has 2 rings (SSSR count). The molecule has 4 atom stereocenters. The Labute approximate surface area is 93.7 Å². The molecule has 0 aromatic carbocycles. The highest BCUT2D eigenvalue weighted by Crippen LogP contribution is 2.38. The van der Waals surface area contributed by atoms with Gasteiger partial charge in [-0.15, -0.1) is 0 Å². The summed E-state index contributed by atoms with van der Waals surface area (Å²) in [5, 5.41) is 19.3. The average Bonchev–Trinajstić information content (AvgIpc) is 2.15. The fraction of sp³-hybridized carbons (Fsp3) is 0.727. The van der Waals surface area contributed by atoms with E-state index in [0.29, 0.717) is 6.42 Å². The van der Waals surface area contributed by atoms with E-state index in [1.54, 1.807) is 6.92 Å². The number of methoxy groups -OCH3 is 1. The van der Waals surface area contributed by atoms with Crippen molar-refractivity contribution < 1.29 is 24.5 Å². The topological polar surface area (TPSA) is 76.0 Å². The number of carbonyl (C=O) groups is 1. The smallest absolute Gasteiger partial charge is 0.338 e. The summed E-state index contributed by atoms with van der Waals surface area (Å²) in [7, 11) is 1.54. The van der Waals surface area contributed by atoms with Crippen molar-refractivity contribution in [3.63, 3.8) is 0 Å². The Bertz CT molecular complexity index is 335. The van der Waals surface area contributed by atoms with Crippen LogP contribution in [0.2, 0.25) is 0 Å². The Kier molecular flexibility index (Phi) is 2.90. The molecule has 1 aliphatic carbocycles. The molecule has 2 N–H and O–H groups in total. The monoisotopic (exact) mass is 228 g/mol. The summed E-state index contributed by atoms with van der Waals surface area (Å²) in [4.78, 5) is 11.6. The second-order valence-corrected chi connectivity index (χ2v) is 4.37. The number of carbonyl (C=O) groups excluding carboxylic acids is 1. The molecular weight excluding hydrogens is 212 g/mol. The molecule has 1 aliphatic heterocycles. The second kappa shape index (κ2) is 4.07. The normalized spacial score (nSPS) is 39.3. The molecule has 5 nitrogen and oxygen atoms in total. The minimum Gasteiger partial charge on any atom is -0.512 e. The fourth-order valence-corrected chi connectivity index (χ4v) is 2.59. The number of fused-ring (bicyclic) bond motifs is 1. The number of hydrogen-bond donors (Lipinski definition) is 2. The maximum Gasteiger partial charge on any atom is 0.338 e. The van der Waals surface area contributed by atoms with Crippen molar-refractivity contribution in [2.45, 2.75) is 38.1 Å². The van der Waals surface area contributed by atoms with Gasteiger partial charge in [-0.3, -0.25) is 0 Å². The van der Waals surface area contributed by atoms with Crippen molar-refractivity contribution in [1.82, 2.24) is 0 Å². The predicted molar refractivity (Wildman–Crippen MR) is 54.7 cm³/mol. The maximum absolute atomic E-state index is 11.6. The van der Waals surface area contributed by atoms with Crippen molar-refractivity contribution >= 4 is 5.97 Å². The SMILES string of the molecule is CO[C@H]1[C@@H]2C[C@H](O)CC(O)=C2C(=O)O[C@@H]1C. The Morgan fingerprint density at radius 1 is 1.50 bits per heavy atom. The highest BCUT2D eigenvalue weighted by atomic mass is 16.6. The number of aliphatic hydroxyl groups is 2. The first kappa shape index (κ1) is 11.4. The summed E-state index contributed by atoms with van der Waals surface area (Å²) in [6.45, 7) is 1.75. The van der Waals surface area contributed by atoms with E-state index in [1.165, 1.54) is 7.11 Å². The second-order valence-electron chi connectivity index (χ2n) is 4.37. The van der Waals surface area contributed by atoms with Crippen LogP contribution in [0.5, 0.6) is 0 Å². The Morgan fingerprint density at radius 3 is 2.81 bits per heavy atom. The van der Waals surface area contributed by atoms with Crippen molar-refractivity contribution in [2.75, 3.05) is 7.11 Å². The summed E-state index contributed by atoms with van der Waals surface area (Å²) in [6, 6.07) is 0. The quantitative estimate of drug-likeness (QED) is 0.640. The summed E-state index contributed by atoms with van der Waals surface area (Å²) in [5.74, 6) is -0.831. The summed E-state index contributed by atoms with van der Waals surface area (Å²) < 4.78 is 10.4. The van der Waals surface area contributed by atoms with E-state index in [2.05, 4.69) is 0 Å². The number of hydrogen-bond acceptors (Lipinski definition) is 5. The van der Waals surface area contributed by atoms with Crippen LogP contribution in [-0.4, -0.2) is 41.6 Å². The fourth-order valence-electron chi connectivity index (χ4n) is 2.59. The van der Waals surface area contributed by atoms with Crippen LogP contribution in [-0.2, 0) is 14.3 Å². The lowest BCUT2D eigenvalue weighted by Crippen LogP contribution is -2.47. The zero-order valence-corrected chi connectivity index (χ0v) is 9.34. The largest absolute Gasteiger partial charge is 0.512 e. The van der Waals surface area contributed by atoms with Gasteiger partial charge in [0, 0.05) is 19.4 Å². The van der Waals surface area contributed by atoms with Gasteiger partial charge < -0.3 is 19.7 Å². The zero-order valence-electron chi connectivity index (χ0n) is 9.34. The van der Waals surface area contributed by atoms with Crippen molar-refractivity contribution in [1.29, 1.82) is 0 Å². The van der Waals surface area contributed by atoms with E-state index in [0.717, 1.165) is 0 Å². The van der Waals surface area contributed by atoms with E-state index in [4.69, 9.17) is 9.47 Å². The van der Waals surface area contributed by atoms with Crippen LogP contribution in [0.4, 0.5) is 0 Å². The van der Waals surface area contributed by atoms with Crippen LogP contribution in [0.3, 0.4) is 0 Å². The predicted octanol–water partition coefficient (Wildman–Crippen LogP) is 0.530. The first-order chi connectivity index (χ1) is 7.54. The number of cyclic esters (lactones) is 1. The number of esters is 1. The van der Waals surface area contributed by atoms with Crippen molar-refractivity contribution in [2.24, 2.45) is 5.92 Å². The molecule has 1 heterocycles. The molecule has 1 fully saturated rings. The summed E-state index contributed by atoms with van der Waals surface area (Å²) in [6.07, 6.45) is -0.734. The zero-order chi connectivity index (χ0) is 11.9. The minimum atomic E-state index is -0.621. The summed E-state index contributed by atoms with van der Waals surface area (Å²) >= 11 is 0. The van der Waals surface area contributed by atoms with Gasteiger partial charge in [-0.05, 0) is 13.3 Å². The summed E-state index contributed by atoms with van der Waals surface area (Å²) in [5.41, 5.74) is 0.273. The van der Waals surface area contributed by atoms with E-state index in [1.807, 2.05) is 0 Å². The molecular formula is C11H16O5. The lowest BCUT2D eigenvalue weighted by Gasteiger charge is -2.39. The van der Waals surface area contributed by atoms with Crippen LogP contribution >= 0.6 is 0 Å². The van der Waals surface area contributed by atoms with Crippen LogP contribution in [0.25, 0.3) is 0 Å². The molecule has 16 heavy (non-hydrogen) atoms.